The van der Waals surface area contributed by atoms with Crippen LogP contribution in [0, 0.1) is 0 Å². The first kappa shape index (κ1) is 13.2. The second kappa shape index (κ2) is 6.09. The maximum atomic E-state index is 5.27. The first-order valence-corrected chi connectivity index (χ1v) is 6.14. The first-order chi connectivity index (χ1) is 9.24. The van der Waals surface area contributed by atoms with Gasteiger partial charge in [0.2, 0.25) is 0 Å². The van der Waals surface area contributed by atoms with Gasteiger partial charge in [-0.15, -0.1) is 0 Å². The van der Waals surface area contributed by atoms with Crippen molar-refractivity contribution in [2.24, 2.45) is 0 Å². The number of aromatic nitrogens is 1. The van der Waals surface area contributed by atoms with Gasteiger partial charge in [-0.25, -0.2) is 4.98 Å². The Bertz CT molecular complexity index is 526. The van der Waals surface area contributed by atoms with E-state index in [9.17, 15) is 0 Å². The molecule has 1 N–H and O–H groups in total. The van der Waals surface area contributed by atoms with Crippen LogP contribution in [0.15, 0.2) is 42.6 Å². The zero-order valence-electron chi connectivity index (χ0n) is 11.4. The Balaban J connectivity index is 2.13. The number of nitrogens with one attached hydrogen (secondary N) is 1. The van der Waals surface area contributed by atoms with Gasteiger partial charge in [-0.05, 0) is 36.8 Å². The summed E-state index contributed by atoms with van der Waals surface area (Å²) in [6, 6.07) is 11.8. The second-order valence-electron chi connectivity index (χ2n) is 4.19. The molecule has 0 aliphatic rings. The molecule has 1 aromatic carbocycles. The largest absolute Gasteiger partial charge is 0.497 e. The molecule has 1 unspecified atom stereocenters. The molecule has 1 heterocycles. The zero-order chi connectivity index (χ0) is 13.7. The van der Waals surface area contributed by atoms with Crippen LogP contribution in [-0.2, 0) is 0 Å². The van der Waals surface area contributed by atoms with E-state index in [0.717, 1.165) is 22.9 Å². The van der Waals surface area contributed by atoms with E-state index in [4.69, 9.17) is 9.47 Å². The predicted molar refractivity (Wildman–Crippen MR) is 75.8 cm³/mol. The van der Waals surface area contributed by atoms with Crippen LogP contribution in [0.1, 0.15) is 18.5 Å². The van der Waals surface area contributed by atoms with Crippen molar-refractivity contribution >= 4 is 5.82 Å². The van der Waals surface area contributed by atoms with Gasteiger partial charge in [0.1, 0.15) is 5.75 Å². The van der Waals surface area contributed by atoms with Crippen molar-refractivity contribution in [3.8, 4) is 11.5 Å². The summed E-state index contributed by atoms with van der Waals surface area (Å²) in [5.41, 5.74) is 1.16. The van der Waals surface area contributed by atoms with Gasteiger partial charge >= 0.3 is 0 Å². The van der Waals surface area contributed by atoms with Crippen molar-refractivity contribution in [2.45, 2.75) is 13.0 Å². The Kier molecular flexibility index (Phi) is 4.23. The molecule has 0 spiro atoms. The summed E-state index contributed by atoms with van der Waals surface area (Å²) < 4.78 is 10.4. The van der Waals surface area contributed by atoms with Gasteiger partial charge in [-0.3, -0.25) is 0 Å². The molecule has 4 heteroatoms. The van der Waals surface area contributed by atoms with Gasteiger partial charge in [-0.1, -0.05) is 12.1 Å². The normalized spacial score (nSPS) is 11.7. The minimum Gasteiger partial charge on any atom is -0.497 e. The topological polar surface area (TPSA) is 43.4 Å². The average molecular weight is 258 g/mol. The fraction of sp³-hybridized carbons (Fsp3) is 0.267. The monoisotopic (exact) mass is 258 g/mol. The summed E-state index contributed by atoms with van der Waals surface area (Å²) in [5.74, 6) is 2.34. The van der Waals surface area contributed by atoms with Crippen LogP contribution < -0.4 is 14.8 Å². The molecule has 4 nitrogen and oxygen atoms in total. The van der Waals surface area contributed by atoms with Gasteiger partial charge < -0.3 is 14.8 Å². The Labute approximate surface area is 113 Å². The molecule has 2 rings (SSSR count). The molecule has 0 saturated carbocycles. The van der Waals surface area contributed by atoms with Gasteiger partial charge in [-0.2, -0.15) is 0 Å². The Hall–Kier alpha value is -2.23. The van der Waals surface area contributed by atoms with Gasteiger partial charge in [0, 0.05) is 6.20 Å². The lowest BCUT2D eigenvalue weighted by atomic mass is 10.1. The Morgan fingerprint density at radius 3 is 2.42 bits per heavy atom. The lowest BCUT2D eigenvalue weighted by Crippen LogP contribution is -2.08. The third-order valence-electron chi connectivity index (χ3n) is 2.96. The Morgan fingerprint density at radius 2 is 1.79 bits per heavy atom. The molecule has 0 saturated heterocycles. The summed E-state index contributed by atoms with van der Waals surface area (Å²) in [4.78, 5) is 4.29. The number of anilines is 1. The van der Waals surface area contributed by atoms with Crippen LogP contribution in [0.5, 0.6) is 11.5 Å². The molecule has 0 aliphatic carbocycles. The highest BCUT2D eigenvalue weighted by Gasteiger charge is 2.09. The summed E-state index contributed by atoms with van der Waals surface area (Å²) in [6.07, 6.45) is 1.74. The molecule has 0 radical (unpaired) electrons. The third kappa shape index (κ3) is 3.16. The highest BCUT2D eigenvalue weighted by atomic mass is 16.5. The second-order valence-corrected chi connectivity index (χ2v) is 4.19. The van der Waals surface area contributed by atoms with E-state index in [1.807, 2.05) is 36.4 Å². The average Bonchev–Trinajstić information content (AvgIpc) is 2.48. The van der Waals surface area contributed by atoms with Crippen LogP contribution in [-0.4, -0.2) is 19.2 Å². The van der Waals surface area contributed by atoms with Crippen molar-refractivity contribution in [1.29, 1.82) is 0 Å². The minimum atomic E-state index is 0.134. The van der Waals surface area contributed by atoms with E-state index in [1.54, 1.807) is 20.4 Å². The lowest BCUT2D eigenvalue weighted by molar-refractivity contribution is 0.414. The van der Waals surface area contributed by atoms with Crippen LogP contribution in [0.2, 0.25) is 0 Å². The summed E-state index contributed by atoms with van der Waals surface area (Å²) in [7, 11) is 3.30. The van der Waals surface area contributed by atoms with Crippen LogP contribution in [0.3, 0.4) is 0 Å². The van der Waals surface area contributed by atoms with Crippen LogP contribution >= 0.6 is 0 Å². The van der Waals surface area contributed by atoms with Crippen molar-refractivity contribution in [1.82, 2.24) is 4.98 Å². The quantitative estimate of drug-likeness (QED) is 0.893. The van der Waals surface area contributed by atoms with E-state index in [-0.39, 0.29) is 6.04 Å². The first-order valence-electron chi connectivity index (χ1n) is 6.14. The highest BCUT2D eigenvalue weighted by molar-refractivity contribution is 5.51. The molecular formula is C15H18N2O2. The number of ether oxygens (including phenoxy) is 2. The molecule has 0 fully saturated rings. The molecule has 100 valence electrons. The van der Waals surface area contributed by atoms with E-state index in [1.165, 1.54) is 0 Å². The van der Waals surface area contributed by atoms with Crippen molar-refractivity contribution in [2.75, 3.05) is 19.5 Å². The molecule has 1 aromatic heterocycles. The molecule has 19 heavy (non-hydrogen) atoms. The van der Waals surface area contributed by atoms with Crippen molar-refractivity contribution in [3.63, 3.8) is 0 Å². The summed E-state index contributed by atoms with van der Waals surface area (Å²) in [6.45, 7) is 2.08. The SMILES string of the molecule is COc1ccc(C(C)Nc2ncccc2OC)cc1. The zero-order valence-corrected chi connectivity index (χ0v) is 11.4. The summed E-state index contributed by atoms with van der Waals surface area (Å²) >= 11 is 0. The number of methoxy groups -OCH3 is 2. The third-order valence-corrected chi connectivity index (χ3v) is 2.96. The van der Waals surface area contributed by atoms with Gasteiger partial charge in [0.05, 0.1) is 20.3 Å². The number of rotatable bonds is 5. The number of hydrogen-bond acceptors (Lipinski definition) is 4. The molecule has 0 aliphatic heterocycles. The van der Waals surface area contributed by atoms with E-state index in [0.29, 0.717) is 0 Å². The molecule has 0 amide bonds. The molecule has 1 atom stereocenters. The Morgan fingerprint density at radius 1 is 1.05 bits per heavy atom. The highest BCUT2D eigenvalue weighted by Crippen LogP contribution is 2.26. The maximum Gasteiger partial charge on any atom is 0.169 e. The lowest BCUT2D eigenvalue weighted by Gasteiger charge is -2.17. The maximum absolute atomic E-state index is 5.27. The minimum absolute atomic E-state index is 0.134. The number of pyridine rings is 1. The van der Waals surface area contributed by atoms with E-state index >= 15 is 0 Å². The van der Waals surface area contributed by atoms with Crippen molar-refractivity contribution < 1.29 is 9.47 Å². The summed E-state index contributed by atoms with van der Waals surface area (Å²) in [5, 5.41) is 3.34. The van der Waals surface area contributed by atoms with Crippen LogP contribution in [0.25, 0.3) is 0 Å². The van der Waals surface area contributed by atoms with Gasteiger partial charge in [0.25, 0.3) is 0 Å². The van der Waals surface area contributed by atoms with E-state index < -0.39 is 0 Å². The smallest absolute Gasteiger partial charge is 0.169 e. The number of hydrogen-bond donors (Lipinski definition) is 1. The van der Waals surface area contributed by atoms with E-state index in [2.05, 4.69) is 17.2 Å². The molecule has 2 aromatic rings. The van der Waals surface area contributed by atoms with Gasteiger partial charge in [0.15, 0.2) is 11.6 Å². The molecular weight excluding hydrogens is 240 g/mol. The predicted octanol–water partition coefficient (Wildman–Crippen LogP) is 3.27. The molecule has 0 bridgehead atoms. The fourth-order valence-electron chi connectivity index (χ4n) is 1.84. The standard InChI is InChI=1S/C15H18N2O2/c1-11(12-6-8-13(18-2)9-7-12)17-15-14(19-3)5-4-10-16-15/h4-11H,1-3H3,(H,16,17). The fourth-order valence-corrected chi connectivity index (χ4v) is 1.84. The van der Waals surface area contributed by atoms with Crippen LogP contribution in [0.4, 0.5) is 5.82 Å². The number of nitrogens with zero attached hydrogens (tertiary/aromatic N) is 1. The number of benzene rings is 1. The van der Waals surface area contributed by atoms with Crippen molar-refractivity contribution in [3.05, 3.63) is 48.2 Å².